The minimum absolute atomic E-state index is 0.304. The molecule has 0 aliphatic rings. The van der Waals surface area contributed by atoms with E-state index in [1.165, 1.54) is 19.3 Å². The third kappa shape index (κ3) is 13.6. The second kappa shape index (κ2) is 12.9. The molecule has 0 aromatic heterocycles. The molecule has 0 saturated heterocycles. The van der Waals surface area contributed by atoms with Crippen molar-refractivity contribution in [3.05, 3.63) is 11.1 Å². The Balaban J connectivity index is 3.29. The first kappa shape index (κ1) is 17.5. The van der Waals surface area contributed by atoms with Gasteiger partial charge >= 0.3 is 5.97 Å². The first-order valence-corrected chi connectivity index (χ1v) is 7.61. The average Bonchev–Trinajstić information content (AvgIpc) is 2.33. The predicted octanol–water partition coefficient (Wildman–Crippen LogP) is 5.50. The molecule has 0 atom stereocenters. The Kier molecular flexibility index (Phi) is 12.6. The summed E-state index contributed by atoms with van der Waals surface area (Å²) in [5, 5.41) is 9.48. The molecule has 3 heteroatoms. The predicted molar refractivity (Wildman–Crippen MR) is 78.0 cm³/mol. The SMILES string of the molecule is CCCCCC=C(Cl)CCCCCCCC(=O)O. The van der Waals surface area contributed by atoms with Crippen molar-refractivity contribution >= 4 is 17.6 Å². The molecule has 18 heavy (non-hydrogen) atoms. The van der Waals surface area contributed by atoms with Gasteiger partial charge in [0.2, 0.25) is 0 Å². The second-order valence-electron chi connectivity index (χ2n) is 4.81. The van der Waals surface area contributed by atoms with Crippen LogP contribution in [0.5, 0.6) is 0 Å². The zero-order valence-electron chi connectivity index (χ0n) is 11.6. The molecule has 0 unspecified atom stereocenters. The van der Waals surface area contributed by atoms with Crippen LogP contribution >= 0.6 is 11.6 Å². The Morgan fingerprint density at radius 2 is 1.61 bits per heavy atom. The van der Waals surface area contributed by atoms with Crippen molar-refractivity contribution in [3.63, 3.8) is 0 Å². The molecule has 0 saturated carbocycles. The lowest BCUT2D eigenvalue weighted by Crippen LogP contribution is -1.93. The zero-order chi connectivity index (χ0) is 13.6. The third-order valence-electron chi connectivity index (χ3n) is 2.98. The molecule has 0 aromatic carbocycles. The summed E-state index contributed by atoms with van der Waals surface area (Å²) in [6.45, 7) is 2.20. The summed E-state index contributed by atoms with van der Waals surface area (Å²) in [7, 11) is 0. The van der Waals surface area contributed by atoms with Gasteiger partial charge in [0.25, 0.3) is 0 Å². The van der Waals surface area contributed by atoms with E-state index in [4.69, 9.17) is 16.7 Å². The number of halogens is 1. The van der Waals surface area contributed by atoms with Crippen LogP contribution in [0.1, 0.15) is 77.6 Å². The summed E-state index contributed by atoms with van der Waals surface area (Å²) >= 11 is 6.12. The van der Waals surface area contributed by atoms with Crippen molar-refractivity contribution in [3.8, 4) is 0 Å². The van der Waals surface area contributed by atoms with Gasteiger partial charge < -0.3 is 5.11 Å². The van der Waals surface area contributed by atoms with Crippen LogP contribution in [0, 0.1) is 0 Å². The quantitative estimate of drug-likeness (QED) is 0.477. The maximum atomic E-state index is 10.3. The Morgan fingerprint density at radius 1 is 1.00 bits per heavy atom. The summed E-state index contributed by atoms with van der Waals surface area (Å²) in [4.78, 5) is 10.3. The van der Waals surface area contributed by atoms with Gasteiger partial charge in [-0.3, -0.25) is 4.79 Å². The highest BCUT2D eigenvalue weighted by molar-refractivity contribution is 6.29. The van der Waals surface area contributed by atoms with Crippen molar-refractivity contribution in [1.29, 1.82) is 0 Å². The normalized spacial score (nSPS) is 11.8. The zero-order valence-corrected chi connectivity index (χ0v) is 12.3. The molecule has 0 heterocycles. The van der Waals surface area contributed by atoms with Crippen molar-refractivity contribution in [1.82, 2.24) is 0 Å². The summed E-state index contributed by atoms with van der Waals surface area (Å²) in [5.41, 5.74) is 0. The van der Waals surface area contributed by atoms with Gasteiger partial charge in [-0.05, 0) is 32.1 Å². The van der Waals surface area contributed by atoms with E-state index < -0.39 is 5.97 Å². The average molecular weight is 275 g/mol. The second-order valence-corrected chi connectivity index (χ2v) is 5.29. The van der Waals surface area contributed by atoms with E-state index in [-0.39, 0.29) is 0 Å². The van der Waals surface area contributed by atoms with Gasteiger partial charge in [0, 0.05) is 11.5 Å². The van der Waals surface area contributed by atoms with Crippen LogP contribution in [0.3, 0.4) is 0 Å². The van der Waals surface area contributed by atoms with Crippen LogP contribution in [-0.4, -0.2) is 11.1 Å². The largest absolute Gasteiger partial charge is 0.481 e. The highest BCUT2D eigenvalue weighted by atomic mass is 35.5. The fourth-order valence-electron chi connectivity index (χ4n) is 1.86. The monoisotopic (exact) mass is 274 g/mol. The molecule has 0 radical (unpaired) electrons. The maximum absolute atomic E-state index is 10.3. The molecular formula is C15H27ClO2. The number of allylic oxidation sites excluding steroid dienone is 2. The Labute approximate surface area is 116 Å². The number of unbranched alkanes of at least 4 members (excludes halogenated alkanes) is 7. The van der Waals surface area contributed by atoms with Crippen molar-refractivity contribution in [2.75, 3.05) is 0 Å². The minimum atomic E-state index is -0.687. The van der Waals surface area contributed by atoms with Crippen molar-refractivity contribution in [2.24, 2.45) is 0 Å². The first-order valence-electron chi connectivity index (χ1n) is 7.23. The number of rotatable bonds is 12. The number of carboxylic acids is 1. The molecule has 0 rings (SSSR count). The molecule has 0 fully saturated rings. The molecule has 0 aliphatic heterocycles. The maximum Gasteiger partial charge on any atom is 0.303 e. The molecule has 0 aliphatic carbocycles. The number of hydrogen-bond donors (Lipinski definition) is 1. The lowest BCUT2D eigenvalue weighted by Gasteiger charge is -2.01. The fraction of sp³-hybridized carbons (Fsp3) is 0.800. The van der Waals surface area contributed by atoms with Gasteiger partial charge in [0.1, 0.15) is 0 Å². The minimum Gasteiger partial charge on any atom is -0.481 e. The smallest absolute Gasteiger partial charge is 0.303 e. The van der Waals surface area contributed by atoms with Crippen LogP contribution in [0.15, 0.2) is 11.1 Å². The summed E-state index contributed by atoms with van der Waals surface area (Å²) < 4.78 is 0. The third-order valence-corrected chi connectivity index (χ3v) is 3.32. The van der Waals surface area contributed by atoms with E-state index in [1.807, 2.05) is 0 Å². The van der Waals surface area contributed by atoms with Crippen LogP contribution in [0.4, 0.5) is 0 Å². The van der Waals surface area contributed by atoms with Gasteiger partial charge in [-0.25, -0.2) is 0 Å². The van der Waals surface area contributed by atoms with Gasteiger partial charge in [0.15, 0.2) is 0 Å². The van der Waals surface area contributed by atoms with E-state index >= 15 is 0 Å². The van der Waals surface area contributed by atoms with Crippen LogP contribution in [-0.2, 0) is 4.79 Å². The van der Waals surface area contributed by atoms with Crippen LogP contribution in [0.2, 0.25) is 0 Å². The first-order chi connectivity index (χ1) is 8.66. The van der Waals surface area contributed by atoms with Gasteiger partial charge in [-0.1, -0.05) is 56.7 Å². The van der Waals surface area contributed by atoms with E-state index in [2.05, 4.69) is 13.0 Å². The van der Waals surface area contributed by atoms with E-state index in [0.29, 0.717) is 6.42 Å². The fourth-order valence-corrected chi connectivity index (χ4v) is 2.10. The molecule has 2 nitrogen and oxygen atoms in total. The summed E-state index contributed by atoms with van der Waals surface area (Å²) in [6, 6.07) is 0. The lowest BCUT2D eigenvalue weighted by atomic mass is 10.1. The van der Waals surface area contributed by atoms with Crippen molar-refractivity contribution in [2.45, 2.75) is 77.6 Å². The molecule has 0 bridgehead atoms. The van der Waals surface area contributed by atoms with Gasteiger partial charge in [-0.2, -0.15) is 0 Å². The molecule has 0 aromatic rings. The lowest BCUT2D eigenvalue weighted by molar-refractivity contribution is -0.137. The number of carbonyl (C=O) groups is 1. The number of aliphatic carboxylic acids is 1. The summed E-state index contributed by atoms with van der Waals surface area (Å²) in [5.74, 6) is -0.687. The topological polar surface area (TPSA) is 37.3 Å². The number of hydrogen-bond acceptors (Lipinski definition) is 1. The van der Waals surface area contributed by atoms with E-state index in [9.17, 15) is 4.79 Å². The van der Waals surface area contributed by atoms with Gasteiger partial charge in [-0.15, -0.1) is 0 Å². The number of carboxylic acid groups (broad SMARTS) is 1. The summed E-state index contributed by atoms with van der Waals surface area (Å²) in [6.07, 6.45) is 13.5. The molecule has 1 N–H and O–H groups in total. The molecule has 106 valence electrons. The van der Waals surface area contributed by atoms with Crippen molar-refractivity contribution < 1.29 is 9.90 Å². The highest BCUT2D eigenvalue weighted by Gasteiger charge is 1.97. The Morgan fingerprint density at radius 3 is 2.22 bits per heavy atom. The molecular weight excluding hydrogens is 248 g/mol. The molecule has 0 spiro atoms. The van der Waals surface area contributed by atoms with E-state index in [1.54, 1.807) is 0 Å². The highest BCUT2D eigenvalue weighted by Crippen LogP contribution is 2.16. The Hall–Kier alpha value is -0.500. The van der Waals surface area contributed by atoms with Crippen LogP contribution < -0.4 is 0 Å². The molecule has 0 amide bonds. The van der Waals surface area contributed by atoms with Crippen LogP contribution in [0.25, 0.3) is 0 Å². The van der Waals surface area contributed by atoms with Gasteiger partial charge in [0.05, 0.1) is 0 Å². The Bertz CT molecular complexity index is 237. The standard InChI is InChI=1S/C15H27ClO2/c1-2-3-4-8-11-14(16)12-9-6-5-7-10-13-15(17)18/h11H,2-10,12-13H2,1H3,(H,17,18). The van der Waals surface area contributed by atoms with E-state index in [0.717, 1.165) is 50.0 Å².